The predicted molar refractivity (Wildman–Crippen MR) is 64.4 cm³/mol. The Morgan fingerprint density at radius 3 is 2.56 bits per heavy atom. The van der Waals surface area contributed by atoms with Crippen molar-refractivity contribution < 1.29 is 9.53 Å². The Balaban J connectivity index is 2.50. The number of nitrogens with zero attached hydrogens (tertiary/aromatic N) is 2. The van der Waals surface area contributed by atoms with E-state index in [0.717, 1.165) is 32.5 Å². The Bertz CT molecular complexity index is 213. The number of carbonyl (C=O) groups is 1. The van der Waals surface area contributed by atoms with Crippen LogP contribution in [0.3, 0.4) is 0 Å². The lowest BCUT2D eigenvalue weighted by atomic mass is 10.0. The number of ether oxygens (including phenoxy) is 1. The van der Waals surface area contributed by atoms with E-state index in [0.29, 0.717) is 19.1 Å². The van der Waals surface area contributed by atoms with E-state index < -0.39 is 0 Å². The number of amides is 1. The van der Waals surface area contributed by atoms with E-state index in [1.54, 1.807) is 7.11 Å². The molecule has 1 fully saturated rings. The molecule has 4 heteroatoms. The van der Waals surface area contributed by atoms with Crippen LogP contribution in [0.4, 0.5) is 0 Å². The third-order valence-corrected chi connectivity index (χ3v) is 3.29. The Morgan fingerprint density at radius 1 is 1.44 bits per heavy atom. The van der Waals surface area contributed by atoms with Gasteiger partial charge >= 0.3 is 0 Å². The molecule has 16 heavy (non-hydrogen) atoms. The van der Waals surface area contributed by atoms with Gasteiger partial charge in [-0.15, -0.1) is 0 Å². The summed E-state index contributed by atoms with van der Waals surface area (Å²) in [5.41, 5.74) is 0. The zero-order chi connectivity index (χ0) is 12.0. The number of methoxy groups -OCH3 is 1. The van der Waals surface area contributed by atoms with E-state index in [-0.39, 0.29) is 5.91 Å². The first kappa shape index (κ1) is 13.5. The Labute approximate surface area is 98.5 Å². The average Bonchev–Trinajstić information content (AvgIpc) is 2.31. The first-order chi connectivity index (χ1) is 7.69. The van der Waals surface area contributed by atoms with E-state index >= 15 is 0 Å². The lowest BCUT2D eigenvalue weighted by Crippen LogP contribution is -2.47. The molecule has 0 unspecified atom stereocenters. The fourth-order valence-corrected chi connectivity index (χ4v) is 2.21. The van der Waals surface area contributed by atoms with Crippen LogP contribution < -0.4 is 0 Å². The summed E-state index contributed by atoms with van der Waals surface area (Å²) in [6.45, 7) is 5.48. The zero-order valence-electron chi connectivity index (χ0n) is 10.7. The number of hydrogen-bond donors (Lipinski definition) is 0. The Hall–Kier alpha value is -0.610. The molecule has 0 aromatic heterocycles. The van der Waals surface area contributed by atoms with Crippen LogP contribution in [0.5, 0.6) is 0 Å². The second-order valence-corrected chi connectivity index (χ2v) is 4.47. The molecule has 1 rings (SSSR count). The van der Waals surface area contributed by atoms with Gasteiger partial charge in [-0.3, -0.25) is 4.79 Å². The van der Waals surface area contributed by atoms with Gasteiger partial charge in [0.25, 0.3) is 0 Å². The van der Waals surface area contributed by atoms with Crippen molar-refractivity contribution in [1.82, 2.24) is 9.80 Å². The second-order valence-electron chi connectivity index (χ2n) is 4.47. The van der Waals surface area contributed by atoms with Crippen LogP contribution in [0.15, 0.2) is 0 Å². The average molecular weight is 228 g/mol. The second kappa shape index (κ2) is 6.86. The van der Waals surface area contributed by atoms with E-state index in [1.807, 2.05) is 11.8 Å². The van der Waals surface area contributed by atoms with Crippen LogP contribution in [0.1, 0.15) is 26.2 Å². The first-order valence-corrected chi connectivity index (χ1v) is 6.16. The summed E-state index contributed by atoms with van der Waals surface area (Å²) in [4.78, 5) is 16.2. The maximum Gasteiger partial charge on any atom is 0.222 e. The van der Waals surface area contributed by atoms with Gasteiger partial charge in [-0.1, -0.05) is 6.92 Å². The van der Waals surface area contributed by atoms with Gasteiger partial charge in [-0.05, 0) is 33.0 Å². The van der Waals surface area contributed by atoms with Gasteiger partial charge < -0.3 is 14.5 Å². The summed E-state index contributed by atoms with van der Waals surface area (Å²) in [5, 5.41) is 0. The molecular weight excluding hydrogens is 204 g/mol. The van der Waals surface area contributed by atoms with Crippen LogP contribution >= 0.6 is 0 Å². The van der Waals surface area contributed by atoms with Crippen LogP contribution in [-0.4, -0.2) is 62.1 Å². The van der Waals surface area contributed by atoms with Gasteiger partial charge in [-0.25, -0.2) is 0 Å². The van der Waals surface area contributed by atoms with Crippen LogP contribution in [0, 0.1) is 0 Å². The molecule has 0 bridgehead atoms. The van der Waals surface area contributed by atoms with Crippen LogP contribution in [0.25, 0.3) is 0 Å². The van der Waals surface area contributed by atoms with Gasteiger partial charge in [0.2, 0.25) is 5.91 Å². The highest BCUT2D eigenvalue weighted by atomic mass is 16.5. The number of hydrogen-bond acceptors (Lipinski definition) is 3. The highest BCUT2D eigenvalue weighted by molar-refractivity contribution is 5.76. The van der Waals surface area contributed by atoms with Crippen molar-refractivity contribution in [1.29, 1.82) is 0 Å². The Morgan fingerprint density at radius 2 is 2.06 bits per heavy atom. The molecule has 0 radical (unpaired) electrons. The maximum atomic E-state index is 11.9. The quantitative estimate of drug-likeness (QED) is 0.703. The van der Waals surface area contributed by atoms with Crippen LogP contribution in [-0.2, 0) is 9.53 Å². The van der Waals surface area contributed by atoms with Crippen molar-refractivity contribution in [3.8, 4) is 0 Å². The summed E-state index contributed by atoms with van der Waals surface area (Å²) in [7, 11) is 3.82. The summed E-state index contributed by atoms with van der Waals surface area (Å²) in [6, 6.07) is 0.416. The molecule has 1 heterocycles. The minimum Gasteiger partial charge on any atom is -0.383 e. The lowest BCUT2D eigenvalue weighted by molar-refractivity contribution is -0.134. The highest BCUT2D eigenvalue weighted by Crippen LogP contribution is 2.16. The largest absolute Gasteiger partial charge is 0.383 e. The standard InChI is InChI=1S/C12H24N2O2/c1-4-12(15)14(9-10-16-3)11-5-7-13(2)8-6-11/h11H,4-10H2,1-3H3. The van der Waals surface area contributed by atoms with Crippen LogP contribution in [0.2, 0.25) is 0 Å². The number of rotatable bonds is 5. The van der Waals surface area contributed by atoms with E-state index in [9.17, 15) is 4.79 Å². The third kappa shape index (κ3) is 3.76. The zero-order valence-corrected chi connectivity index (χ0v) is 10.7. The van der Waals surface area contributed by atoms with Gasteiger partial charge in [0, 0.05) is 26.1 Å². The molecule has 1 saturated heterocycles. The minimum absolute atomic E-state index is 0.256. The molecule has 94 valence electrons. The normalized spacial score (nSPS) is 18.7. The summed E-state index contributed by atoms with van der Waals surface area (Å²) in [5.74, 6) is 0.256. The van der Waals surface area contributed by atoms with Crippen molar-refractivity contribution in [3.05, 3.63) is 0 Å². The molecule has 1 amide bonds. The van der Waals surface area contributed by atoms with Gasteiger partial charge in [0.1, 0.15) is 0 Å². The molecular formula is C12H24N2O2. The van der Waals surface area contributed by atoms with Gasteiger partial charge in [-0.2, -0.15) is 0 Å². The van der Waals surface area contributed by atoms with Gasteiger partial charge in [0.15, 0.2) is 0 Å². The van der Waals surface area contributed by atoms with Crippen molar-refractivity contribution >= 4 is 5.91 Å². The molecule has 1 aliphatic rings. The fourth-order valence-electron chi connectivity index (χ4n) is 2.21. The molecule has 0 spiro atoms. The third-order valence-electron chi connectivity index (χ3n) is 3.29. The van der Waals surface area contributed by atoms with Crippen molar-refractivity contribution in [3.63, 3.8) is 0 Å². The van der Waals surface area contributed by atoms with Gasteiger partial charge in [0.05, 0.1) is 6.61 Å². The molecule has 0 aromatic rings. The summed E-state index contributed by atoms with van der Waals surface area (Å²) in [6.07, 6.45) is 2.77. The predicted octanol–water partition coefficient (Wildman–Crippen LogP) is 0.966. The smallest absolute Gasteiger partial charge is 0.222 e. The van der Waals surface area contributed by atoms with E-state index in [2.05, 4.69) is 11.9 Å². The molecule has 0 N–H and O–H groups in total. The Kier molecular flexibility index (Phi) is 5.77. The fraction of sp³-hybridized carbons (Fsp3) is 0.917. The summed E-state index contributed by atoms with van der Waals surface area (Å²) >= 11 is 0. The highest BCUT2D eigenvalue weighted by Gasteiger charge is 2.25. The van der Waals surface area contributed by atoms with Crippen molar-refractivity contribution in [2.24, 2.45) is 0 Å². The van der Waals surface area contributed by atoms with E-state index in [4.69, 9.17) is 4.74 Å². The van der Waals surface area contributed by atoms with Crippen molar-refractivity contribution in [2.45, 2.75) is 32.2 Å². The minimum atomic E-state index is 0.256. The maximum absolute atomic E-state index is 11.9. The molecule has 4 nitrogen and oxygen atoms in total. The molecule has 1 aliphatic heterocycles. The molecule has 0 aliphatic carbocycles. The topological polar surface area (TPSA) is 32.8 Å². The van der Waals surface area contributed by atoms with E-state index in [1.165, 1.54) is 0 Å². The number of piperidine rings is 1. The van der Waals surface area contributed by atoms with Crippen molar-refractivity contribution in [2.75, 3.05) is 40.4 Å². The molecule has 0 atom stereocenters. The first-order valence-electron chi connectivity index (χ1n) is 6.16. The monoisotopic (exact) mass is 228 g/mol. The number of carbonyl (C=O) groups excluding carboxylic acids is 1. The lowest BCUT2D eigenvalue weighted by Gasteiger charge is -2.37. The summed E-state index contributed by atoms with van der Waals surface area (Å²) < 4.78 is 5.07. The number of likely N-dealkylation sites (tertiary alicyclic amines) is 1. The molecule has 0 aromatic carbocycles. The SMILES string of the molecule is CCC(=O)N(CCOC)C1CCN(C)CC1. The molecule has 0 saturated carbocycles.